The van der Waals surface area contributed by atoms with Crippen LogP contribution in [0.5, 0.6) is 5.75 Å². The monoisotopic (exact) mass is 185 g/mol. The summed E-state index contributed by atoms with van der Waals surface area (Å²) in [7, 11) is -2.09. The number of hydrogen-bond acceptors (Lipinski definition) is 3. The topological polar surface area (TPSA) is 46.6 Å². The van der Waals surface area contributed by atoms with Crippen LogP contribution in [0.3, 0.4) is 0 Å². The van der Waals surface area contributed by atoms with E-state index in [0.29, 0.717) is 11.4 Å². The van der Waals surface area contributed by atoms with Crippen molar-refractivity contribution in [3.63, 3.8) is 0 Å². The fourth-order valence-electron chi connectivity index (χ4n) is 1.08. The molecule has 0 bridgehead atoms. The zero-order chi connectivity index (χ0) is 8.77. The second-order valence-electron chi connectivity index (χ2n) is 2.48. The van der Waals surface area contributed by atoms with Crippen LogP contribution in [-0.2, 0) is 10.3 Å². The predicted octanol–water partition coefficient (Wildman–Crippen LogP) is 0.760. The van der Waals surface area contributed by atoms with E-state index in [1.165, 1.54) is 7.05 Å². The maximum atomic E-state index is 11.1. The third-order valence-corrected chi connectivity index (χ3v) is 2.99. The lowest BCUT2D eigenvalue weighted by Gasteiger charge is -2.05. The molecule has 5 heteroatoms. The van der Waals surface area contributed by atoms with Gasteiger partial charge in [-0.1, -0.05) is 12.1 Å². The highest BCUT2D eigenvalue weighted by Crippen LogP contribution is 2.36. The van der Waals surface area contributed by atoms with E-state index in [1.54, 1.807) is 24.3 Å². The van der Waals surface area contributed by atoms with Crippen molar-refractivity contribution in [2.45, 2.75) is 0 Å². The van der Waals surface area contributed by atoms with Gasteiger partial charge in [0, 0.05) is 7.05 Å². The molecule has 0 amide bonds. The Morgan fingerprint density at radius 3 is 2.67 bits per heavy atom. The first-order valence-electron chi connectivity index (χ1n) is 3.38. The first-order valence-corrected chi connectivity index (χ1v) is 4.75. The zero-order valence-electron chi connectivity index (χ0n) is 6.39. The van der Waals surface area contributed by atoms with Crippen LogP contribution >= 0.6 is 0 Å². The van der Waals surface area contributed by atoms with Crippen molar-refractivity contribution in [3.8, 4) is 5.75 Å². The highest BCUT2D eigenvalue weighted by Gasteiger charge is 2.31. The van der Waals surface area contributed by atoms with Crippen LogP contribution < -0.4 is 8.49 Å². The van der Waals surface area contributed by atoms with Crippen LogP contribution in [0.25, 0.3) is 0 Å². The Bertz CT molecular complexity index is 412. The summed E-state index contributed by atoms with van der Waals surface area (Å²) in [5.74, 6) is 0.389. The van der Waals surface area contributed by atoms with Crippen molar-refractivity contribution < 1.29 is 12.6 Å². The maximum Gasteiger partial charge on any atom is 0.409 e. The Kier molecular flexibility index (Phi) is 1.32. The molecule has 0 fully saturated rings. The minimum atomic E-state index is -3.55. The summed E-state index contributed by atoms with van der Waals surface area (Å²) >= 11 is 0. The van der Waals surface area contributed by atoms with Crippen LogP contribution in [0, 0.1) is 0 Å². The molecule has 0 saturated carbocycles. The lowest BCUT2D eigenvalue weighted by Crippen LogP contribution is -2.23. The molecule has 1 aliphatic rings. The molecule has 64 valence electrons. The number of hydrogen-bond donors (Lipinski definition) is 0. The molecule has 0 atom stereocenters. The average Bonchev–Trinajstić information content (AvgIpc) is 2.24. The molecule has 0 spiro atoms. The smallest absolute Gasteiger partial charge is 0.364 e. The normalized spacial score (nSPS) is 18.6. The van der Waals surface area contributed by atoms with Crippen molar-refractivity contribution in [3.05, 3.63) is 24.3 Å². The van der Waals surface area contributed by atoms with Crippen LogP contribution in [0.4, 0.5) is 5.69 Å². The number of para-hydroxylation sites is 2. The second-order valence-corrected chi connectivity index (χ2v) is 4.05. The Balaban J connectivity index is 2.64. The number of rotatable bonds is 0. The SMILES string of the molecule is CN1c2ccccc2OS1(=O)=O. The Morgan fingerprint density at radius 1 is 1.33 bits per heavy atom. The quantitative estimate of drug-likeness (QED) is 0.599. The molecule has 0 aliphatic carbocycles. The zero-order valence-corrected chi connectivity index (χ0v) is 7.21. The van der Waals surface area contributed by atoms with Crippen LogP contribution in [-0.4, -0.2) is 15.5 Å². The Morgan fingerprint density at radius 2 is 2.00 bits per heavy atom. The van der Waals surface area contributed by atoms with Gasteiger partial charge in [0.05, 0.1) is 5.69 Å². The maximum absolute atomic E-state index is 11.1. The molecule has 4 nitrogen and oxygen atoms in total. The summed E-state index contributed by atoms with van der Waals surface area (Å²) in [6.45, 7) is 0. The molecular formula is C7H7NO3S. The Labute approximate surface area is 70.6 Å². The van der Waals surface area contributed by atoms with Crippen molar-refractivity contribution in [2.24, 2.45) is 0 Å². The number of anilines is 1. The van der Waals surface area contributed by atoms with Crippen molar-refractivity contribution in [2.75, 3.05) is 11.4 Å². The van der Waals surface area contributed by atoms with E-state index < -0.39 is 10.3 Å². The highest BCUT2D eigenvalue weighted by molar-refractivity contribution is 7.88. The van der Waals surface area contributed by atoms with Gasteiger partial charge in [-0.15, -0.1) is 0 Å². The van der Waals surface area contributed by atoms with Crippen LogP contribution in [0.15, 0.2) is 24.3 Å². The molecule has 2 rings (SSSR count). The molecular weight excluding hydrogens is 178 g/mol. The summed E-state index contributed by atoms with van der Waals surface area (Å²) in [6, 6.07) is 6.81. The molecule has 1 aromatic rings. The second kappa shape index (κ2) is 2.13. The molecule has 0 unspecified atom stereocenters. The minimum absolute atomic E-state index is 0.389. The molecule has 0 radical (unpaired) electrons. The van der Waals surface area contributed by atoms with E-state index in [-0.39, 0.29) is 0 Å². The van der Waals surface area contributed by atoms with Crippen LogP contribution in [0.2, 0.25) is 0 Å². The summed E-state index contributed by atoms with van der Waals surface area (Å²) < 4.78 is 28.1. The van der Waals surface area contributed by atoms with Gasteiger partial charge in [-0.25, -0.2) is 4.31 Å². The lowest BCUT2D eigenvalue weighted by atomic mass is 10.3. The summed E-state index contributed by atoms with van der Waals surface area (Å²) in [4.78, 5) is 0. The first kappa shape index (κ1) is 7.42. The number of benzene rings is 1. The predicted molar refractivity (Wildman–Crippen MR) is 44.4 cm³/mol. The highest BCUT2D eigenvalue weighted by atomic mass is 32.2. The van der Waals surface area contributed by atoms with Gasteiger partial charge in [0.1, 0.15) is 0 Å². The average molecular weight is 185 g/mol. The standard InChI is InChI=1S/C7H7NO3S/c1-8-6-4-2-3-5-7(6)11-12(8,9)10/h2-5H,1H3. The third kappa shape index (κ3) is 0.863. The molecule has 0 aromatic heterocycles. The largest absolute Gasteiger partial charge is 0.409 e. The van der Waals surface area contributed by atoms with Crippen molar-refractivity contribution in [1.82, 2.24) is 0 Å². The minimum Gasteiger partial charge on any atom is -0.364 e. The first-order chi connectivity index (χ1) is 5.61. The van der Waals surface area contributed by atoms with Gasteiger partial charge in [-0.05, 0) is 12.1 Å². The van der Waals surface area contributed by atoms with E-state index >= 15 is 0 Å². The van der Waals surface area contributed by atoms with Crippen LogP contribution in [0.1, 0.15) is 0 Å². The molecule has 0 N–H and O–H groups in total. The Hall–Kier alpha value is -1.23. The van der Waals surface area contributed by atoms with Crippen molar-refractivity contribution >= 4 is 16.0 Å². The van der Waals surface area contributed by atoms with E-state index in [2.05, 4.69) is 0 Å². The van der Waals surface area contributed by atoms with Gasteiger partial charge in [0.2, 0.25) is 0 Å². The van der Waals surface area contributed by atoms with Gasteiger partial charge < -0.3 is 4.18 Å². The molecule has 1 aliphatic heterocycles. The van der Waals surface area contributed by atoms with E-state index in [9.17, 15) is 8.42 Å². The number of fused-ring (bicyclic) bond motifs is 1. The van der Waals surface area contributed by atoms with Gasteiger partial charge in [-0.2, -0.15) is 8.42 Å². The third-order valence-electron chi connectivity index (χ3n) is 1.74. The number of nitrogens with zero attached hydrogens (tertiary/aromatic N) is 1. The fraction of sp³-hybridized carbons (Fsp3) is 0.143. The van der Waals surface area contributed by atoms with E-state index in [0.717, 1.165) is 4.31 Å². The van der Waals surface area contributed by atoms with Gasteiger partial charge in [0.25, 0.3) is 0 Å². The molecule has 12 heavy (non-hydrogen) atoms. The molecule has 1 aromatic carbocycles. The molecule has 1 heterocycles. The van der Waals surface area contributed by atoms with Crippen molar-refractivity contribution in [1.29, 1.82) is 0 Å². The van der Waals surface area contributed by atoms with Gasteiger partial charge in [-0.3, -0.25) is 0 Å². The van der Waals surface area contributed by atoms with Gasteiger partial charge in [0.15, 0.2) is 5.75 Å². The van der Waals surface area contributed by atoms with E-state index in [4.69, 9.17) is 4.18 Å². The summed E-state index contributed by atoms with van der Waals surface area (Å²) in [5.41, 5.74) is 0.581. The summed E-state index contributed by atoms with van der Waals surface area (Å²) in [5, 5.41) is 0. The fourth-order valence-corrected chi connectivity index (χ4v) is 1.95. The summed E-state index contributed by atoms with van der Waals surface area (Å²) in [6.07, 6.45) is 0. The molecule has 0 saturated heterocycles. The van der Waals surface area contributed by atoms with E-state index in [1.807, 2.05) is 0 Å². The van der Waals surface area contributed by atoms with Gasteiger partial charge >= 0.3 is 10.3 Å². The lowest BCUT2D eigenvalue weighted by molar-refractivity contribution is 0.499.